The van der Waals surface area contributed by atoms with Crippen molar-refractivity contribution >= 4 is 52.2 Å². The normalized spacial score (nSPS) is 19.6. The largest absolute Gasteiger partial charge is 0.416 e. The fourth-order valence-electron chi connectivity index (χ4n) is 5.93. The molecule has 1 fully saturated rings. The summed E-state index contributed by atoms with van der Waals surface area (Å²) in [4.78, 5) is 55.6. The smallest absolute Gasteiger partial charge is 0.324 e. The van der Waals surface area contributed by atoms with Crippen molar-refractivity contribution in [3.05, 3.63) is 110 Å². The number of carbonyl (C=O) groups excluding carboxylic acids is 3. The van der Waals surface area contributed by atoms with Crippen LogP contribution in [0, 0.1) is 12.8 Å². The van der Waals surface area contributed by atoms with Crippen molar-refractivity contribution in [2.75, 3.05) is 10.2 Å². The Morgan fingerprint density at radius 2 is 1.59 bits per heavy atom. The Balaban J connectivity index is 1.43. The summed E-state index contributed by atoms with van der Waals surface area (Å²) in [5.41, 5.74) is 1.87. The molecule has 0 saturated carbocycles. The number of alkyl halides is 3. The molecule has 0 radical (unpaired) electrons. The van der Waals surface area contributed by atoms with Gasteiger partial charge in [0.15, 0.2) is 0 Å². The van der Waals surface area contributed by atoms with Crippen molar-refractivity contribution in [1.82, 2.24) is 4.57 Å². The molecular weight excluding hydrogens is 636 g/mol. The third-order valence-corrected chi connectivity index (χ3v) is 10.9. The molecule has 0 aliphatic carbocycles. The summed E-state index contributed by atoms with van der Waals surface area (Å²) < 4.78 is 42.0. The van der Waals surface area contributed by atoms with Gasteiger partial charge in [-0.3, -0.25) is 23.7 Å². The van der Waals surface area contributed by atoms with Gasteiger partial charge >= 0.3 is 11.0 Å². The zero-order chi connectivity index (χ0) is 33.1. The number of rotatable bonds is 5. The minimum Gasteiger partial charge on any atom is -0.324 e. The first-order chi connectivity index (χ1) is 21.6. The van der Waals surface area contributed by atoms with Crippen LogP contribution in [0.5, 0.6) is 0 Å². The van der Waals surface area contributed by atoms with Gasteiger partial charge in [-0.25, -0.2) is 4.90 Å². The first-order valence-electron chi connectivity index (χ1n) is 14.6. The van der Waals surface area contributed by atoms with E-state index < -0.39 is 51.4 Å². The molecule has 1 saturated heterocycles. The Labute approximate surface area is 271 Å². The van der Waals surface area contributed by atoms with E-state index in [1.165, 1.54) is 10.6 Å². The van der Waals surface area contributed by atoms with Crippen LogP contribution in [0.25, 0.3) is 0 Å². The molecule has 1 aromatic heterocycles. The van der Waals surface area contributed by atoms with Gasteiger partial charge in [0.1, 0.15) is 11.8 Å². The maximum atomic E-state index is 14.1. The van der Waals surface area contributed by atoms with E-state index in [4.69, 9.17) is 0 Å². The van der Waals surface area contributed by atoms with Crippen LogP contribution in [0.15, 0.2) is 82.6 Å². The first kappa shape index (κ1) is 31.8. The van der Waals surface area contributed by atoms with Gasteiger partial charge in [-0.15, -0.1) is 0 Å². The Morgan fingerprint density at radius 3 is 2.24 bits per heavy atom. The van der Waals surface area contributed by atoms with E-state index in [0.717, 1.165) is 57.3 Å². The number of anilines is 2. The lowest BCUT2D eigenvalue weighted by molar-refractivity contribution is -0.137. The second-order valence-electron chi connectivity index (χ2n) is 12.5. The summed E-state index contributed by atoms with van der Waals surface area (Å²) in [5.74, 6) is -3.46. The van der Waals surface area contributed by atoms with Crippen LogP contribution in [0.2, 0.25) is 0 Å². The number of para-hydroxylation sites is 1. The molecular formula is C34H30F3N3O4S2. The highest BCUT2D eigenvalue weighted by molar-refractivity contribution is 8.00. The van der Waals surface area contributed by atoms with Gasteiger partial charge < -0.3 is 5.32 Å². The number of benzene rings is 3. The van der Waals surface area contributed by atoms with E-state index >= 15 is 0 Å². The molecule has 12 heteroatoms. The van der Waals surface area contributed by atoms with Crippen molar-refractivity contribution in [3.63, 3.8) is 0 Å². The van der Waals surface area contributed by atoms with E-state index in [-0.39, 0.29) is 17.6 Å². The summed E-state index contributed by atoms with van der Waals surface area (Å²) in [7, 11) is 0. The number of thiazole rings is 1. The lowest BCUT2D eigenvalue weighted by Gasteiger charge is -2.31. The Hall–Kier alpha value is -4.16. The van der Waals surface area contributed by atoms with Crippen LogP contribution >= 0.6 is 23.1 Å². The van der Waals surface area contributed by atoms with Crippen molar-refractivity contribution in [2.45, 2.75) is 62.0 Å². The van der Waals surface area contributed by atoms with Crippen LogP contribution in [-0.2, 0) is 32.5 Å². The van der Waals surface area contributed by atoms with E-state index in [1.54, 1.807) is 12.1 Å². The highest BCUT2D eigenvalue weighted by Gasteiger charge is 2.57. The number of nitrogens with one attached hydrogen (secondary N) is 1. The molecule has 3 amide bonds. The molecule has 46 heavy (non-hydrogen) atoms. The van der Waals surface area contributed by atoms with Crippen LogP contribution in [-0.4, -0.2) is 27.5 Å². The van der Waals surface area contributed by atoms with Gasteiger partial charge in [0.25, 0.3) is 0 Å². The number of imide groups is 1. The molecule has 6 rings (SSSR count). The summed E-state index contributed by atoms with van der Waals surface area (Å²) in [6.45, 7) is 7.71. The number of carbonyl (C=O) groups is 3. The monoisotopic (exact) mass is 665 g/mol. The van der Waals surface area contributed by atoms with Gasteiger partial charge in [-0.1, -0.05) is 92.4 Å². The van der Waals surface area contributed by atoms with Gasteiger partial charge in [-0.2, -0.15) is 13.2 Å². The molecule has 0 bridgehead atoms. The Morgan fingerprint density at radius 1 is 0.891 bits per heavy atom. The molecule has 3 heterocycles. The fourth-order valence-corrected chi connectivity index (χ4v) is 8.70. The summed E-state index contributed by atoms with van der Waals surface area (Å²) in [5, 5.41) is 2.20. The van der Waals surface area contributed by atoms with Crippen molar-refractivity contribution in [1.29, 1.82) is 0 Å². The average Bonchev–Trinajstić information content (AvgIpc) is 3.43. The summed E-state index contributed by atoms with van der Waals surface area (Å²) >= 11 is 1.92. The SMILES string of the molecule is Cc1ccccc1NC(=O)Cn1c2c(sc1=O)[C@H](c1ccc(C(C)(C)C)cc1)C1C(=O)N(c3cccc(C(F)(F)F)c3)C(=O)C1S2. The van der Waals surface area contributed by atoms with Crippen LogP contribution in [0.1, 0.15) is 53.8 Å². The van der Waals surface area contributed by atoms with Crippen LogP contribution < -0.4 is 15.1 Å². The highest BCUT2D eigenvalue weighted by Crippen LogP contribution is 2.54. The van der Waals surface area contributed by atoms with Crippen molar-refractivity contribution in [3.8, 4) is 0 Å². The van der Waals surface area contributed by atoms with Gasteiger partial charge in [-0.05, 0) is 53.3 Å². The molecule has 0 spiro atoms. The van der Waals surface area contributed by atoms with Crippen LogP contribution in [0.3, 0.4) is 0 Å². The van der Waals surface area contributed by atoms with Gasteiger partial charge in [0.2, 0.25) is 17.7 Å². The minimum absolute atomic E-state index is 0.160. The number of amides is 3. The number of fused-ring (bicyclic) bond motifs is 2. The number of halogens is 3. The predicted molar refractivity (Wildman–Crippen MR) is 172 cm³/mol. The number of thioether (sulfide) groups is 1. The molecule has 7 nitrogen and oxygen atoms in total. The lowest BCUT2D eigenvalue weighted by atomic mass is 9.81. The number of nitrogens with zero attached hydrogens (tertiary/aromatic N) is 2. The second kappa shape index (κ2) is 11.6. The molecule has 3 aromatic carbocycles. The van der Waals surface area contributed by atoms with E-state index in [1.807, 2.05) is 43.3 Å². The Bertz CT molecular complexity index is 1930. The second-order valence-corrected chi connectivity index (χ2v) is 14.6. The number of aryl methyl sites for hydroxylation is 1. The summed E-state index contributed by atoms with van der Waals surface area (Å²) in [6.07, 6.45) is -4.67. The van der Waals surface area contributed by atoms with E-state index in [2.05, 4.69) is 26.1 Å². The molecule has 1 N–H and O–H groups in total. The van der Waals surface area contributed by atoms with Gasteiger partial charge in [0, 0.05) is 16.5 Å². The number of hydrogen-bond donors (Lipinski definition) is 1. The first-order valence-corrected chi connectivity index (χ1v) is 16.3. The molecule has 3 atom stereocenters. The van der Waals surface area contributed by atoms with Gasteiger partial charge in [0.05, 0.1) is 22.2 Å². The molecule has 238 valence electrons. The molecule has 2 aliphatic heterocycles. The quantitative estimate of drug-likeness (QED) is 0.233. The number of hydrogen-bond acceptors (Lipinski definition) is 6. The third-order valence-electron chi connectivity index (χ3n) is 8.34. The van der Waals surface area contributed by atoms with Crippen molar-refractivity contribution in [2.24, 2.45) is 5.92 Å². The predicted octanol–water partition coefficient (Wildman–Crippen LogP) is 6.97. The summed E-state index contributed by atoms with van der Waals surface area (Å²) in [6, 6.07) is 19.0. The maximum Gasteiger partial charge on any atom is 0.416 e. The maximum absolute atomic E-state index is 14.1. The van der Waals surface area contributed by atoms with Crippen molar-refractivity contribution < 1.29 is 27.6 Å². The van der Waals surface area contributed by atoms with E-state index in [0.29, 0.717) is 21.2 Å². The topological polar surface area (TPSA) is 88.5 Å². The molecule has 2 aliphatic rings. The standard InChI is InChI=1S/C34H30F3N3O4S2/c1-18-8-5-6-11-23(18)38-24(41)17-39-31-28(46-32(39)44)25(19-12-14-20(15-13-19)33(2,3)4)26-27(45-31)30(43)40(29(26)42)22-10-7-9-21(16-22)34(35,36)37/h5-16,25-27H,17H2,1-4H3,(H,38,41)/t25-,26?,27?/m1/s1. The highest BCUT2D eigenvalue weighted by atomic mass is 32.2. The average molecular weight is 666 g/mol. The fraction of sp³-hybridized carbons (Fsp3) is 0.294. The lowest BCUT2D eigenvalue weighted by Crippen LogP contribution is -2.33. The molecule has 4 aromatic rings. The van der Waals surface area contributed by atoms with Crippen LogP contribution in [0.4, 0.5) is 24.5 Å². The zero-order valence-corrected chi connectivity index (χ0v) is 27.0. The molecule has 2 unspecified atom stereocenters. The third kappa shape index (κ3) is 5.68. The Kier molecular flexibility index (Phi) is 8.00. The number of aromatic nitrogens is 1. The van der Waals surface area contributed by atoms with E-state index in [9.17, 15) is 32.3 Å². The minimum atomic E-state index is -4.67. The zero-order valence-electron chi connectivity index (χ0n) is 25.3.